The summed E-state index contributed by atoms with van der Waals surface area (Å²) in [5.74, 6) is -0.221. The summed E-state index contributed by atoms with van der Waals surface area (Å²) in [6.07, 6.45) is 5.58. The minimum Gasteiger partial charge on any atom is -0.302 e. The van der Waals surface area contributed by atoms with Crippen LogP contribution in [0.25, 0.3) is 0 Å². The summed E-state index contributed by atoms with van der Waals surface area (Å²) >= 11 is 0. The van der Waals surface area contributed by atoms with Crippen molar-refractivity contribution in [1.29, 1.82) is 0 Å². The first-order valence-corrected chi connectivity index (χ1v) is 7.28. The number of hydrogen-bond donors (Lipinski definition) is 1. The summed E-state index contributed by atoms with van der Waals surface area (Å²) in [4.78, 5) is 1.98. The Hall–Kier alpha value is -0.390. The summed E-state index contributed by atoms with van der Waals surface area (Å²) < 4.78 is 30.5. The molecule has 0 aromatic heterocycles. The first-order valence-electron chi connectivity index (χ1n) is 5.67. The van der Waals surface area contributed by atoms with Crippen LogP contribution < -0.4 is 0 Å². The number of hydrogen-bond acceptors (Lipinski definition) is 3. The summed E-state index contributed by atoms with van der Waals surface area (Å²) in [7, 11) is -2.03. The Labute approximate surface area is 99.1 Å². The highest BCUT2D eigenvalue weighted by Crippen LogP contribution is 2.08. The molecular weight excluding hydrogens is 226 g/mol. The highest BCUT2D eigenvalue weighted by Gasteiger charge is 2.19. The van der Waals surface area contributed by atoms with E-state index in [2.05, 4.69) is 13.5 Å². The topological polar surface area (TPSA) is 57.6 Å². The fourth-order valence-electron chi connectivity index (χ4n) is 1.60. The molecule has 1 atom stereocenters. The molecule has 0 aliphatic rings. The highest BCUT2D eigenvalue weighted by atomic mass is 32.2. The molecule has 96 valence electrons. The molecule has 0 spiro atoms. The number of nitrogens with zero attached hydrogens (tertiary/aromatic N) is 1. The first-order chi connectivity index (χ1) is 7.40. The third kappa shape index (κ3) is 7.84. The third-order valence-corrected chi connectivity index (χ3v) is 3.39. The van der Waals surface area contributed by atoms with Gasteiger partial charge < -0.3 is 4.90 Å². The van der Waals surface area contributed by atoms with Crippen molar-refractivity contribution in [2.75, 3.05) is 19.3 Å². The van der Waals surface area contributed by atoms with Crippen LogP contribution in [0.15, 0.2) is 12.7 Å². The van der Waals surface area contributed by atoms with Crippen LogP contribution in [0.2, 0.25) is 0 Å². The van der Waals surface area contributed by atoms with E-state index in [0.717, 1.165) is 25.8 Å². The van der Waals surface area contributed by atoms with E-state index in [9.17, 15) is 8.42 Å². The molecule has 0 heterocycles. The van der Waals surface area contributed by atoms with Crippen molar-refractivity contribution < 1.29 is 13.0 Å². The Bertz CT molecular complexity index is 288. The van der Waals surface area contributed by atoms with Gasteiger partial charge in [0.15, 0.2) is 0 Å². The van der Waals surface area contributed by atoms with Crippen LogP contribution in [0.1, 0.15) is 32.6 Å². The molecule has 0 rings (SSSR count). The molecule has 0 amide bonds. The van der Waals surface area contributed by atoms with Crippen LogP contribution in [0.3, 0.4) is 0 Å². The zero-order valence-corrected chi connectivity index (χ0v) is 11.0. The van der Waals surface area contributed by atoms with Crippen molar-refractivity contribution in [1.82, 2.24) is 4.90 Å². The monoisotopic (exact) mass is 249 g/mol. The summed E-state index contributed by atoms with van der Waals surface area (Å²) in [6.45, 7) is 6.58. The van der Waals surface area contributed by atoms with E-state index in [1.54, 1.807) is 6.08 Å². The lowest BCUT2D eigenvalue weighted by Gasteiger charge is -2.26. The van der Waals surface area contributed by atoms with E-state index in [1.807, 2.05) is 11.9 Å². The van der Waals surface area contributed by atoms with E-state index >= 15 is 0 Å². The van der Waals surface area contributed by atoms with Crippen molar-refractivity contribution in [2.45, 2.75) is 38.6 Å². The lowest BCUT2D eigenvalue weighted by molar-refractivity contribution is 0.252. The van der Waals surface area contributed by atoms with Crippen LogP contribution in [-0.4, -0.2) is 43.3 Å². The normalized spacial score (nSPS) is 14.0. The van der Waals surface area contributed by atoms with E-state index in [0.29, 0.717) is 6.42 Å². The van der Waals surface area contributed by atoms with Crippen molar-refractivity contribution in [3.05, 3.63) is 12.7 Å². The summed E-state index contributed by atoms with van der Waals surface area (Å²) in [5, 5.41) is 0. The lowest BCUT2D eigenvalue weighted by atomic mass is 10.2. The molecule has 0 saturated heterocycles. The Morgan fingerprint density at radius 3 is 2.50 bits per heavy atom. The standard InChI is InChI=1S/C11H23NO3S/c1-4-6-7-9-12(3)11(8-5-2)10-16(13,14)15/h5,11H,2,4,6-10H2,1,3H3,(H,13,14,15). The van der Waals surface area contributed by atoms with Gasteiger partial charge in [0.2, 0.25) is 0 Å². The van der Waals surface area contributed by atoms with Crippen molar-refractivity contribution >= 4 is 10.1 Å². The molecule has 0 radical (unpaired) electrons. The molecule has 0 aromatic rings. The number of rotatable bonds is 9. The SMILES string of the molecule is C=CCC(CS(=O)(=O)O)N(C)CCCCC. The predicted octanol–water partition coefficient (Wildman–Crippen LogP) is 1.94. The van der Waals surface area contributed by atoms with E-state index < -0.39 is 10.1 Å². The quantitative estimate of drug-likeness (QED) is 0.385. The fourth-order valence-corrected chi connectivity index (χ4v) is 2.48. The average Bonchev–Trinajstić information content (AvgIpc) is 2.15. The largest absolute Gasteiger partial charge is 0.302 e. The lowest BCUT2D eigenvalue weighted by Crippen LogP contribution is -2.37. The van der Waals surface area contributed by atoms with Crippen LogP contribution in [0, 0.1) is 0 Å². The highest BCUT2D eigenvalue weighted by molar-refractivity contribution is 7.85. The molecule has 1 unspecified atom stereocenters. The van der Waals surface area contributed by atoms with Gasteiger partial charge in [0.1, 0.15) is 0 Å². The molecule has 1 N–H and O–H groups in total. The molecule has 0 fully saturated rings. The molecule has 0 saturated carbocycles. The smallest absolute Gasteiger partial charge is 0.266 e. The van der Waals surface area contributed by atoms with E-state index in [4.69, 9.17) is 4.55 Å². The Morgan fingerprint density at radius 2 is 2.06 bits per heavy atom. The van der Waals surface area contributed by atoms with Gasteiger partial charge in [-0.3, -0.25) is 4.55 Å². The van der Waals surface area contributed by atoms with Crippen LogP contribution in [-0.2, 0) is 10.1 Å². The van der Waals surface area contributed by atoms with Crippen molar-refractivity contribution in [3.8, 4) is 0 Å². The molecular formula is C11H23NO3S. The Morgan fingerprint density at radius 1 is 1.44 bits per heavy atom. The Kier molecular flexibility index (Phi) is 7.62. The van der Waals surface area contributed by atoms with Crippen molar-refractivity contribution in [2.24, 2.45) is 0 Å². The van der Waals surface area contributed by atoms with Crippen LogP contribution in [0.4, 0.5) is 0 Å². The molecule has 0 aliphatic carbocycles. The maximum atomic E-state index is 10.8. The second-order valence-corrected chi connectivity index (χ2v) is 5.61. The van der Waals surface area contributed by atoms with E-state index in [-0.39, 0.29) is 11.8 Å². The van der Waals surface area contributed by atoms with Gasteiger partial charge in [0.05, 0.1) is 5.75 Å². The van der Waals surface area contributed by atoms with Gasteiger partial charge in [-0.15, -0.1) is 6.58 Å². The predicted molar refractivity (Wildman–Crippen MR) is 67.2 cm³/mol. The van der Waals surface area contributed by atoms with Gasteiger partial charge in [-0.05, 0) is 26.4 Å². The van der Waals surface area contributed by atoms with Crippen LogP contribution in [0.5, 0.6) is 0 Å². The maximum Gasteiger partial charge on any atom is 0.266 e. The van der Waals surface area contributed by atoms with Crippen LogP contribution >= 0.6 is 0 Å². The zero-order chi connectivity index (χ0) is 12.6. The molecule has 16 heavy (non-hydrogen) atoms. The summed E-state index contributed by atoms with van der Waals surface area (Å²) in [6, 6.07) is -0.177. The molecule has 0 aliphatic heterocycles. The maximum absolute atomic E-state index is 10.8. The van der Waals surface area contributed by atoms with Gasteiger partial charge in [-0.2, -0.15) is 8.42 Å². The average molecular weight is 249 g/mol. The Balaban J connectivity index is 4.23. The fraction of sp³-hybridized carbons (Fsp3) is 0.818. The zero-order valence-electron chi connectivity index (χ0n) is 10.2. The third-order valence-electron chi connectivity index (χ3n) is 2.58. The van der Waals surface area contributed by atoms with Gasteiger partial charge in [0.25, 0.3) is 10.1 Å². The van der Waals surface area contributed by atoms with E-state index in [1.165, 1.54) is 0 Å². The second kappa shape index (κ2) is 7.81. The molecule has 0 bridgehead atoms. The van der Waals surface area contributed by atoms with Crippen molar-refractivity contribution in [3.63, 3.8) is 0 Å². The molecule has 4 nitrogen and oxygen atoms in total. The van der Waals surface area contributed by atoms with Gasteiger partial charge in [-0.25, -0.2) is 0 Å². The number of unbranched alkanes of at least 4 members (excludes halogenated alkanes) is 2. The van der Waals surface area contributed by atoms with Gasteiger partial charge >= 0.3 is 0 Å². The second-order valence-electron chi connectivity index (χ2n) is 4.11. The molecule has 0 aromatic carbocycles. The van der Waals surface area contributed by atoms with Gasteiger partial charge in [0, 0.05) is 6.04 Å². The molecule has 5 heteroatoms. The first kappa shape index (κ1) is 15.6. The minimum absolute atomic E-state index is 0.177. The summed E-state index contributed by atoms with van der Waals surface area (Å²) in [5.41, 5.74) is 0. The minimum atomic E-state index is -3.91. The van der Waals surface area contributed by atoms with Gasteiger partial charge in [-0.1, -0.05) is 25.8 Å².